The van der Waals surface area contributed by atoms with E-state index in [-0.39, 0.29) is 11.8 Å². The van der Waals surface area contributed by atoms with Crippen molar-refractivity contribution in [3.05, 3.63) is 24.3 Å². The minimum Gasteiger partial charge on any atom is -0.322 e. The summed E-state index contributed by atoms with van der Waals surface area (Å²) in [5.41, 5.74) is 0.645. The maximum absolute atomic E-state index is 13.4. The molecule has 4 rings (SSSR count). The standard InChI is InChI=1S/C21H29N3O2/c1-21(2)20(26)22-16-10-4-6-12-18(16)24(21)19(25)14-23-13-7-9-15-8-3-5-11-17(15)23/h4,6,10,12,15,17H,3,5,7-9,11,13-14H2,1-2H3,(H,22,26)/t15-,17+/m1/s1. The van der Waals surface area contributed by atoms with Crippen LogP contribution in [-0.4, -0.2) is 41.4 Å². The van der Waals surface area contributed by atoms with Gasteiger partial charge in [0.1, 0.15) is 5.54 Å². The number of likely N-dealkylation sites (tertiary alicyclic amines) is 1. The van der Waals surface area contributed by atoms with Crippen LogP contribution >= 0.6 is 0 Å². The van der Waals surface area contributed by atoms with E-state index in [1.807, 2.05) is 38.1 Å². The second-order valence-corrected chi connectivity index (χ2v) is 8.48. The maximum Gasteiger partial charge on any atom is 0.250 e. The lowest BCUT2D eigenvalue weighted by atomic mass is 9.78. The smallest absolute Gasteiger partial charge is 0.250 e. The fourth-order valence-electron chi connectivity index (χ4n) is 5.07. The highest BCUT2D eigenvalue weighted by Crippen LogP contribution is 2.38. The molecule has 2 amide bonds. The number of piperidine rings is 1. The van der Waals surface area contributed by atoms with E-state index in [9.17, 15) is 9.59 Å². The molecule has 5 nitrogen and oxygen atoms in total. The number of nitrogens with zero attached hydrogens (tertiary/aromatic N) is 2. The molecule has 140 valence electrons. The summed E-state index contributed by atoms with van der Waals surface area (Å²) in [6.45, 7) is 5.06. The lowest BCUT2D eigenvalue weighted by Crippen LogP contribution is -2.61. The highest BCUT2D eigenvalue weighted by atomic mass is 16.2. The Kier molecular flexibility index (Phi) is 4.51. The van der Waals surface area contributed by atoms with E-state index >= 15 is 0 Å². The zero-order valence-corrected chi connectivity index (χ0v) is 15.8. The van der Waals surface area contributed by atoms with E-state index < -0.39 is 5.54 Å². The molecule has 0 aromatic heterocycles. The average Bonchev–Trinajstić information content (AvgIpc) is 2.63. The number of carbonyl (C=O) groups excluding carboxylic acids is 2. The van der Waals surface area contributed by atoms with Crippen molar-refractivity contribution in [1.82, 2.24) is 4.90 Å². The summed E-state index contributed by atoms with van der Waals surface area (Å²) in [7, 11) is 0. The average molecular weight is 355 g/mol. The first kappa shape index (κ1) is 17.5. The number of para-hydroxylation sites is 2. The van der Waals surface area contributed by atoms with Crippen LogP contribution in [-0.2, 0) is 9.59 Å². The Morgan fingerprint density at radius 1 is 1.15 bits per heavy atom. The summed E-state index contributed by atoms with van der Waals surface area (Å²) < 4.78 is 0. The summed E-state index contributed by atoms with van der Waals surface area (Å²) in [5.74, 6) is 0.650. The van der Waals surface area contributed by atoms with E-state index in [0.29, 0.717) is 12.6 Å². The monoisotopic (exact) mass is 355 g/mol. The minimum absolute atomic E-state index is 0.0310. The third-order valence-corrected chi connectivity index (χ3v) is 6.45. The fourth-order valence-corrected chi connectivity index (χ4v) is 5.07. The lowest BCUT2D eigenvalue weighted by Gasteiger charge is -2.46. The van der Waals surface area contributed by atoms with Gasteiger partial charge in [0, 0.05) is 6.04 Å². The molecule has 1 saturated carbocycles. The van der Waals surface area contributed by atoms with Crippen molar-refractivity contribution in [1.29, 1.82) is 0 Å². The van der Waals surface area contributed by atoms with Gasteiger partial charge in [-0.2, -0.15) is 0 Å². The molecule has 5 heteroatoms. The van der Waals surface area contributed by atoms with E-state index in [1.165, 1.54) is 38.5 Å². The van der Waals surface area contributed by atoms with Gasteiger partial charge >= 0.3 is 0 Å². The molecule has 0 bridgehead atoms. The first-order valence-corrected chi connectivity index (χ1v) is 9.96. The SMILES string of the molecule is CC1(C)C(=O)Nc2ccccc2N1C(=O)CN1CCC[C@H]2CCCC[C@@H]21. The van der Waals surface area contributed by atoms with Crippen LogP contribution in [0.1, 0.15) is 52.4 Å². The molecule has 0 spiro atoms. The predicted octanol–water partition coefficient (Wildman–Crippen LogP) is 3.40. The van der Waals surface area contributed by atoms with Gasteiger partial charge in [0.15, 0.2) is 0 Å². The van der Waals surface area contributed by atoms with Crippen LogP contribution in [0.25, 0.3) is 0 Å². The first-order chi connectivity index (χ1) is 12.5. The number of hydrogen-bond donors (Lipinski definition) is 1. The van der Waals surface area contributed by atoms with Gasteiger partial charge in [-0.3, -0.25) is 19.4 Å². The van der Waals surface area contributed by atoms with Crippen LogP contribution in [0.4, 0.5) is 11.4 Å². The van der Waals surface area contributed by atoms with Crippen LogP contribution in [0.5, 0.6) is 0 Å². The molecule has 2 heterocycles. The molecule has 1 saturated heterocycles. The van der Waals surface area contributed by atoms with Gasteiger partial charge in [0.05, 0.1) is 17.9 Å². The lowest BCUT2D eigenvalue weighted by molar-refractivity contribution is -0.128. The van der Waals surface area contributed by atoms with Crippen molar-refractivity contribution >= 4 is 23.2 Å². The quantitative estimate of drug-likeness (QED) is 0.884. The molecule has 0 radical (unpaired) electrons. The molecule has 2 fully saturated rings. The largest absolute Gasteiger partial charge is 0.322 e. The third-order valence-electron chi connectivity index (χ3n) is 6.45. The van der Waals surface area contributed by atoms with Crippen LogP contribution in [0.3, 0.4) is 0 Å². The first-order valence-electron chi connectivity index (χ1n) is 9.96. The molecule has 1 aromatic carbocycles. The normalized spacial score (nSPS) is 28.1. The molecule has 2 aliphatic heterocycles. The molecule has 2 atom stereocenters. The molecule has 26 heavy (non-hydrogen) atoms. The number of fused-ring (bicyclic) bond motifs is 2. The van der Waals surface area contributed by atoms with Crippen molar-refractivity contribution in [2.75, 3.05) is 23.3 Å². The van der Waals surface area contributed by atoms with Crippen molar-refractivity contribution in [3.8, 4) is 0 Å². The Hall–Kier alpha value is -1.88. The van der Waals surface area contributed by atoms with Crippen molar-refractivity contribution in [2.45, 2.75) is 64.0 Å². The number of anilines is 2. The number of benzene rings is 1. The number of amides is 2. The van der Waals surface area contributed by atoms with E-state index in [4.69, 9.17) is 0 Å². The summed E-state index contributed by atoms with van der Waals surface area (Å²) >= 11 is 0. The number of rotatable bonds is 2. The summed E-state index contributed by atoms with van der Waals surface area (Å²) in [5, 5.41) is 2.94. The topological polar surface area (TPSA) is 52.7 Å². The zero-order chi connectivity index (χ0) is 18.3. The number of carbonyl (C=O) groups is 2. The third kappa shape index (κ3) is 2.92. The highest BCUT2D eigenvalue weighted by Gasteiger charge is 2.44. The molecule has 3 aliphatic rings. The van der Waals surface area contributed by atoms with Gasteiger partial charge in [-0.15, -0.1) is 0 Å². The van der Waals surface area contributed by atoms with Crippen molar-refractivity contribution in [3.63, 3.8) is 0 Å². The Morgan fingerprint density at radius 2 is 1.88 bits per heavy atom. The molecule has 1 aromatic rings. The van der Waals surface area contributed by atoms with Gasteiger partial charge in [-0.05, 0) is 64.1 Å². The van der Waals surface area contributed by atoms with E-state index in [1.54, 1.807) is 4.90 Å². The van der Waals surface area contributed by atoms with Gasteiger partial charge in [0.2, 0.25) is 11.8 Å². The molecular formula is C21H29N3O2. The molecule has 1 N–H and O–H groups in total. The maximum atomic E-state index is 13.4. The number of nitrogens with one attached hydrogen (secondary N) is 1. The summed E-state index contributed by atoms with van der Waals surface area (Å²) in [6.07, 6.45) is 7.58. The summed E-state index contributed by atoms with van der Waals surface area (Å²) in [4.78, 5) is 30.1. The fraction of sp³-hybridized carbons (Fsp3) is 0.619. The van der Waals surface area contributed by atoms with Gasteiger partial charge in [0.25, 0.3) is 0 Å². The van der Waals surface area contributed by atoms with Crippen molar-refractivity contribution in [2.24, 2.45) is 5.92 Å². The zero-order valence-electron chi connectivity index (χ0n) is 15.8. The van der Waals surface area contributed by atoms with Crippen LogP contribution in [0.15, 0.2) is 24.3 Å². The predicted molar refractivity (Wildman–Crippen MR) is 103 cm³/mol. The second kappa shape index (κ2) is 6.69. The van der Waals surface area contributed by atoms with Crippen LogP contribution < -0.4 is 10.2 Å². The van der Waals surface area contributed by atoms with Crippen LogP contribution in [0, 0.1) is 5.92 Å². The van der Waals surface area contributed by atoms with Gasteiger partial charge in [-0.25, -0.2) is 0 Å². The Balaban J connectivity index is 1.59. The Morgan fingerprint density at radius 3 is 2.73 bits per heavy atom. The number of hydrogen-bond acceptors (Lipinski definition) is 3. The van der Waals surface area contributed by atoms with Gasteiger partial charge in [-0.1, -0.05) is 25.0 Å². The summed E-state index contributed by atoms with van der Waals surface area (Å²) in [6, 6.07) is 8.13. The van der Waals surface area contributed by atoms with Crippen molar-refractivity contribution < 1.29 is 9.59 Å². The molecular weight excluding hydrogens is 326 g/mol. The minimum atomic E-state index is -0.882. The molecule has 1 aliphatic carbocycles. The van der Waals surface area contributed by atoms with Crippen LogP contribution in [0.2, 0.25) is 0 Å². The highest BCUT2D eigenvalue weighted by molar-refractivity contribution is 6.14. The van der Waals surface area contributed by atoms with E-state index in [2.05, 4.69) is 10.2 Å². The Labute approximate surface area is 155 Å². The van der Waals surface area contributed by atoms with Gasteiger partial charge < -0.3 is 5.32 Å². The van der Waals surface area contributed by atoms with E-state index in [0.717, 1.165) is 23.8 Å². The molecule has 0 unspecified atom stereocenters. The Bertz CT molecular complexity index is 713. The second-order valence-electron chi connectivity index (χ2n) is 8.48.